The lowest BCUT2D eigenvalue weighted by Crippen LogP contribution is -2.36. The van der Waals surface area contributed by atoms with Gasteiger partial charge in [-0.1, -0.05) is 35.9 Å². The van der Waals surface area contributed by atoms with Crippen molar-refractivity contribution >= 4 is 38.6 Å². The van der Waals surface area contributed by atoms with Gasteiger partial charge in [0.05, 0.1) is 30.3 Å². The molecule has 0 bridgehead atoms. The molecule has 1 heterocycles. The van der Waals surface area contributed by atoms with Crippen LogP contribution in [0, 0.1) is 6.92 Å². The molecule has 0 atom stereocenters. The lowest BCUT2D eigenvalue weighted by molar-refractivity contribution is -0.138. The van der Waals surface area contributed by atoms with Gasteiger partial charge in [0.2, 0.25) is 0 Å². The molecule has 0 saturated heterocycles. The zero-order valence-electron chi connectivity index (χ0n) is 16.7. The van der Waals surface area contributed by atoms with Crippen LogP contribution < -0.4 is 4.31 Å². The average Bonchev–Trinajstić information content (AvgIpc) is 2.76. The smallest absolute Gasteiger partial charge is 0.356 e. The van der Waals surface area contributed by atoms with Crippen molar-refractivity contribution in [2.45, 2.75) is 11.8 Å². The molecule has 30 heavy (non-hydrogen) atoms. The Hall–Kier alpha value is -3.46. The highest BCUT2D eigenvalue weighted by Gasteiger charge is 2.30. The molecular weight excluding hydrogens is 408 g/mol. The molecule has 9 heteroatoms. The highest BCUT2D eigenvalue weighted by molar-refractivity contribution is 7.92. The zero-order valence-corrected chi connectivity index (χ0v) is 17.5. The second-order valence-corrected chi connectivity index (χ2v) is 8.30. The summed E-state index contributed by atoms with van der Waals surface area (Å²) in [7, 11) is -1.79. The Morgan fingerprint density at radius 3 is 2.30 bits per heavy atom. The van der Waals surface area contributed by atoms with Gasteiger partial charge >= 0.3 is 11.9 Å². The summed E-state index contributed by atoms with van der Waals surface area (Å²) >= 11 is 0. The van der Waals surface area contributed by atoms with Crippen molar-refractivity contribution in [3.8, 4) is 0 Å². The SMILES string of the molecule is COC(=O)CN(c1cc(C(=O)OC)nc2ccccc12)S(=O)(=O)c1ccc(C)cc1. The first-order valence-electron chi connectivity index (χ1n) is 8.92. The molecule has 2 aromatic carbocycles. The number of pyridine rings is 1. The molecule has 0 aliphatic carbocycles. The summed E-state index contributed by atoms with van der Waals surface area (Å²) in [6, 6.07) is 14.2. The Balaban J connectivity index is 2.29. The number of benzene rings is 2. The maximum atomic E-state index is 13.5. The second-order valence-electron chi connectivity index (χ2n) is 6.44. The molecule has 0 aliphatic heterocycles. The Bertz CT molecular complexity index is 1210. The minimum atomic E-state index is -4.16. The number of hydrogen-bond donors (Lipinski definition) is 0. The number of esters is 2. The molecule has 0 aliphatic rings. The summed E-state index contributed by atoms with van der Waals surface area (Å²) in [6.45, 7) is 1.25. The van der Waals surface area contributed by atoms with Gasteiger partial charge in [-0.15, -0.1) is 0 Å². The minimum Gasteiger partial charge on any atom is -0.468 e. The Labute approximate surface area is 174 Å². The number of para-hydroxylation sites is 1. The third kappa shape index (κ3) is 4.11. The number of aryl methyl sites for hydroxylation is 1. The van der Waals surface area contributed by atoms with Crippen LogP contribution in [0.5, 0.6) is 0 Å². The van der Waals surface area contributed by atoms with Gasteiger partial charge in [-0.05, 0) is 31.2 Å². The molecule has 0 amide bonds. The number of methoxy groups -OCH3 is 2. The van der Waals surface area contributed by atoms with Crippen molar-refractivity contribution in [3.05, 3.63) is 65.9 Å². The molecule has 0 saturated carbocycles. The predicted octanol–water partition coefficient (Wildman–Crippen LogP) is 2.70. The summed E-state index contributed by atoms with van der Waals surface area (Å²) in [5, 5.41) is 0.449. The number of nitrogens with zero attached hydrogens (tertiary/aromatic N) is 2. The minimum absolute atomic E-state index is 0.00230. The van der Waals surface area contributed by atoms with Crippen LogP contribution in [0.25, 0.3) is 10.9 Å². The molecule has 8 nitrogen and oxygen atoms in total. The van der Waals surface area contributed by atoms with Gasteiger partial charge in [-0.3, -0.25) is 9.10 Å². The number of rotatable bonds is 6. The number of sulfonamides is 1. The van der Waals surface area contributed by atoms with E-state index in [4.69, 9.17) is 9.47 Å². The first-order valence-corrected chi connectivity index (χ1v) is 10.4. The lowest BCUT2D eigenvalue weighted by Gasteiger charge is -2.25. The summed E-state index contributed by atoms with van der Waals surface area (Å²) in [5.41, 5.74) is 1.30. The third-order valence-electron chi connectivity index (χ3n) is 4.47. The van der Waals surface area contributed by atoms with E-state index in [2.05, 4.69) is 4.98 Å². The summed E-state index contributed by atoms with van der Waals surface area (Å²) < 4.78 is 37.3. The summed E-state index contributed by atoms with van der Waals surface area (Å²) in [4.78, 5) is 28.5. The quantitative estimate of drug-likeness (QED) is 0.556. The van der Waals surface area contributed by atoms with Crippen molar-refractivity contribution in [2.24, 2.45) is 0 Å². The molecular formula is C21H20N2O6S. The Morgan fingerprint density at radius 1 is 1.00 bits per heavy atom. The number of aromatic nitrogens is 1. The van der Waals surface area contributed by atoms with E-state index in [0.29, 0.717) is 10.9 Å². The van der Waals surface area contributed by atoms with E-state index in [0.717, 1.165) is 9.87 Å². The Morgan fingerprint density at radius 2 is 1.67 bits per heavy atom. The van der Waals surface area contributed by atoms with E-state index < -0.39 is 28.5 Å². The molecule has 3 aromatic rings. The van der Waals surface area contributed by atoms with Gasteiger partial charge in [-0.2, -0.15) is 0 Å². The van der Waals surface area contributed by atoms with E-state index >= 15 is 0 Å². The third-order valence-corrected chi connectivity index (χ3v) is 6.24. The number of hydrogen-bond acceptors (Lipinski definition) is 7. The molecule has 0 unspecified atom stereocenters. The highest BCUT2D eigenvalue weighted by atomic mass is 32.2. The molecule has 0 N–H and O–H groups in total. The predicted molar refractivity (Wildman–Crippen MR) is 111 cm³/mol. The number of carbonyl (C=O) groups excluding carboxylic acids is 2. The summed E-state index contributed by atoms with van der Waals surface area (Å²) in [6.07, 6.45) is 0. The van der Waals surface area contributed by atoms with Crippen LogP contribution in [0.15, 0.2) is 59.5 Å². The van der Waals surface area contributed by atoms with Crippen molar-refractivity contribution in [1.82, 2.24) is 4.98 Å². The molecule has 1 aromatic heterocycles. The van der Waals surface area contributed by atoms with Crippen molar-refractivity contribution in [2.75, 3.05) is 25.1 Å². The number of carbonyl (C=O) groups is 2. The van der Waals surface area contributed by atoms with Gasteiger partial charge in [0.1, 0.15) is 6.54 Å². The van der Waals surface area contributed by atoms with E-state index in [1.807, 2.05) is 6.92 Å². The van der Waals surface area contributed by atoms with Crippen LogP contribution >= 0.6 is 0 Å². The topological polar surface area (TPSA) is 103 Å². The lowest BCUT2D eigenvalue weighted by atomic mass is 10.1. The normalized spacial score (nSPS) is 11.2. The first-order chi connectivity index (χ1) is 14.3. The van der Waals surface area contributed by atoms with Gasteiger partial charge in [0, 0.05) is 5.39 Å². The van der Waals surface area contributed by atoms with Crippen molar-refractivity contribution in [1.29, 1.82) is 0 Å². The van der Waals surface area contributed by atoms with E-state index in [1.165, 1.54) is 32.4 Å². The van der Waals surface area contributed by atoms with E-state index in [1.54, 1.807) is 36.4 Å². The summed E-state index contributed by atoms with van der Waals surface area (Å²) in [5.74, 6) is -1.49. The van der Waals surface area contributed by atoms with Crippen LogP contribution in [0.2, 0.25) is 0 Å². The monoisotopic (exact) mass is 428 g/mol. The van der Waals surface area contributed by atoms with E-state index in [9.17, 15) is 18.0 Å². The fourth-order valence-electron chi connectivity index (χ4n) is 2.89. The van der Waals surface area contributed by atoms with Crippen LogP contribution in [0.4, 0.5) is 5.69 Å². The number of anilines is 1. The maximum Gasteiger partial charge on any atom is 0.356 e. The van der Waals surface area contributed by atoms with Crippen LogP contribution in [0.3, 0.4) is 0 Å². The fraction of sp³-hybridized carbons (Fsp3) is 0.190. The van der Waals surface area contributed by atoms with Crippen LogP contribution in [0.1, 0.15) is 16.1 Å². The largest absolute Gasteiger partial charge is 0.468 e. The average molecular weight is 428 g/mol. The van der Waals surface area contributed by atoms with Crippen molar-refractivity contribution in [3.63, 3.8) is 0 Å². The van der Waals surface area contributed by atoms with Gasteiger partial charge in [0.15, 0.2) is 5.69 Å². The molecule has 156 valence electrons. The molecule has 0 radical (unpaired) electrons. The number of ether oxygens (including phenoxy) is 2. The van der Waals surface area contributed by atoms with Gasteiger partial charge in [0.25, 0.3) is 10.0 Å². The van der Waals surface area contributed by atoms with Gasteiger partial charge in [-0.25, -0.2) is 18.2 Å². The molecule has 0 fully saturated rings. The molecule has 0 spiro atoms. The van der Waals surface area contributed by atoms with Crippen LogP contribution in [-0.4, -0.2) is 46.1 Å². The standard InChI is InChI=1S/C21H20N2O6S/c1-14-8-10-15(11-9-14)30(26,27)23(13-20(24)28-2)19-12-18(21(25)29-3)22-17-7-5-4-6-16(17)19/h4-12H,13H2,1-3H3. The number of fused-ring (bicyclic) bond motifs is 1. The highest BCUT2D eigenvalue weighted by Crippen LogP contribution is 2.31. The Kier molecular flexibility index (Phi) is 6.02. The fourth-order valence-corrected chi connectivity index (χ4v) is 4.31. The molecule has 3 rings (SSSR count). The van der Waals surface area contributed by atoms with E-state index in [-0.39, 0.29) is 16.3 Å². The zero-order chi connectivity index (χ0) is 21.9. The van der Waals surface area contributed by atoms with Gasteiger partial charge < -0.3 is 9.47 Å². The first kappa shape index (κ1) is 21.3. The van der Waals surface area contributed by atoms with Crippen molar-refractivity contribution < 1.29 is 27.5 Å². The maximum absolute atomic E-state index is 13.5. The van der Waals surface area contributed by atoms with Crippen LogP contribution in [-0.2, 0) is 24.3 Å². The second kappa shape index (κ2) is 8.50.